The fourth-order valence-corrected chi connectivity index (χ4v) is 3.14. The van der Waals surface area contributed by atoms with Crippen molar-refractivity contribution in [3.05, 3.63) is 109 Å². The first-order chi connectivity index (χ1) is 13.8. The van der Waals surface area contributed by atoms with Gasteiger partial charge in [-0.15, -0.1) is 0 Å². The minimum atomic E-state index is -0.520. The molecule has 0 bridgehead atoms. The molecule has 3 nitrogen and oxygen atoms in total. The van der Waals surface area contributed by atoms with Gasteiger partial charge in [-0.2, -0.15) is 0 Å². The number of hydrogen-bond donors (Lipinski definition) is 1. The Labute approximate surface area is 164 Å². The molecule has 0 radical (unpaired) electrons. The summed E-state index contributed by atoms with van der Waals surface area (Å²) in [5.41, 5.74) is 4.64. The van der Waals surface area contributed by atoms with Gasteiger partial charge in [0, 0.05) is 11.3 Å². The van der Waals surface area contributed by atoms with Crippen LogP contribution < -0.4 is 10.1 Å². The third kappa shape index (κ3) is 3.94. The highest BCUT2D eigenvalue weighted by molar-refractivity contribution is 5.92. The van der Waals surface area contributed by atoms with Gasteiger partial charge in [-0.05, 0) is 34.9 Å². The lowest BCUT2D eigenvalue weighted by Gasteiger charge is -2.16. The molecule has 0 heterocycles. The number of nitrogens with one attached hydrogen (secondary N) is 1. The maximum Gasteiger partial charge on any atom is 0.417 e. The molecule has 1 N–H and O–H groups in total. The molecule has 0 fully saturated rings. The first-order valence-electron chi connectivity index (χ1n) is 9.09. The molecule has 1 amide bonds. The van der Waals surface area contributed by atoms with Crippen LogP contribution in [0.15, 0.2) is 109 Å². The van der Waals surface area contributed by atoms with Crippen LogP contribution in [-0.2, 0) is 0 Å². The molecule has 0 aromatic heterocycles. The predicted octanol–water partition coefficient (Wildman–Crippen LogP) is 6.63. The minimum Gasteiger partial charge on any atom is -0.409 e. The summed E-state index contributed by atoms with van der Waals surface area (Å²) in [4.78, 5) is 12.5. The Kier molecular flexibility index (Phi) is 5.16. The van der Waals surface area contributed by atoms with Crippen molar-refractivity contribution < 1.29 is 9.53 Å². The number of amides is 1. The molecule has 4 rings (SSSR count). The third-order valence-electron chi connectivity index (χ3n) is 4.40. The molecule has 0 saturated carbocycles. The van der Waals surface area contributed by atoms with Crippen LogP contribution in [-0.4, -0.2) is 6.09 Å². The van der Waals surface area contributed by atoms with Crippen molar-refractivity contribution >= 4 is 11.8 Å². The summed E-state index contributed by atoms with van der Waals surface area (Å²) in [6, 6.07) is 35.1. The second-order valence-corrected chi connectivity index (χ2v) is 6.29. The largest absolute Gasteiger partial charge is 0.417 e. The van der Waals surface area contributed by atoms with Crippen LogP contribution in [0.2, 0.25) is 0 Å². The Hall–Kier alpha value is -3.85. The summed E-state index contributed by atoms with van der Waals surface area (Å²) in [6.45, 7) is 0. The van der Waals surface area contributed by atoms with Crippen LogP contribution >= 0.6 is 0 Å². The van der Waals surface area contributed by atoms with Gasteiger partial charge < -0.3 is 4.74 Å². The van der Waals surface area contributed by atoms with Crippen molar-refractivity contribution in [1.29, 1.82) is 0 Å². The molecule has 3 heteroatoms. The Morgan fingerprint density at radius 2 is 1.18 bits per heavy atom. The van der Waals surface area contributed by atoms with E-state index < -0.39 is 6.09 Å². The maximum atomic E-state index is 12.5. The quantitative estimate of drug-likeness (QED) is 0.441. The van der Waals surface area contributed by atoms with Gasteiger partial charge in [0.15, 0.2) is 0 Å². The Morgan fingerprint density at radius 3 is 1.82 bits per heavy atom. The van der Waals surface area contributed by atoms with Gasteiger partial charge in [-0.25, -0.2) is 4.79 Å². The monoisotopic (exact) mass is 365 g/mol. The predicted molar refractivity (Wildman–Crippen MR) is 113 cm³/mol. The molecular formula is C25H19NO2. The van der Waals surface area contributed by atoms with Crippen molar-refractivity contribution in [2.75, 3.05) is 5.32 Å². The van der Waals surface area contributed by atoms with E-state index in [2.05, 4.69) is 17.4 Å². The summed E-state index contributed by atoms with van der Waals surface area (Å²) in [5, 5.41) is 2.77. The third-order valence-corrected chi connectivity index (χ3v) is 4.40. The van der Waals surface area contributed by atoms with Crippen LogP contribution in [0.25, 0.3) is 22.3 Å². The number of carbonyl (C=O) groups excluding carboxylic acids is 1. The number of benzene rings is 4. The smallest absolute Gasteiger partial charge is 0.409 e. The van der Waals surface area contributed by atoms with Crippen LogP contribution in [0, 0.1) is 0 Å². The van der Waals surface area contributed by atoms with E-state index in [0.717, 1.165) is 22.3 Å². The van der Waals surface area contributed by atoms with Gasteiger partial charge in [0.1, 0.15) is 5.75 Å². The van der Waals surface area contributed by atoms with Crippen LogP contribution in [0.4, 0.5) is 10.5 Å². The molecule has 0 saturated heterocycles. The number of rotatable bonds is 4. The second-order valence-electron chi connectivity index (χ2n) is 6.29. The van der Waals surface area contributed by atoms with Crippen LogP contribution in [0.3, 0.4) is 0 Å². The Morgan fingerprint density at radius 1 is 0.607 bits per heavy atom. The van der Waals surface area contributed by atoms with Gasteiger partial charge >= 0.3 is 6.09 Å². The van der Waals surface area contributed by atoms with E-state index >= 15 is 0 Å². The van der Waals surface area contributed by atoms with E-state index in [4.69, 9.17) is 4.74 Å². The summed E-state index contributed by atoms with van der Waals surface area (Å²) >= 11 is 0. The SMILES string of the molecule is O=C(Nc1ccccc1)Oc1cccc(-c2ccccc2)c1-c1ccccc1. The fraction of sp³-hybridized carbons (Fsp3) is 0. The molecule has 136 valence electrons. The van der Waals surface area contributed by atoms with E-state index in [9.17, 15) is 4.79 Å². The summed E-state index contributed by atoms with van der Waals surface area (Å²) in [7, 11) is 0. The molecule has 0 aliphatic carbocycles. The standard InChI is InChI=1S/C25H19NO2/c27-25(26-21-15-8-3-9-16-21)28-23-18-10-17-22(19-11-4-1-5-12-19)24(23)20-13-6-2-7-14-20/h1-18H,(H,26,27). The van der Waals surface area contributed by atoms with E-state index in [1.807, 2.05) is 97.1 Å². The van der Waals surface area contributed by atoms with Crippen LogP contribution in [0.5, 0.6) is 5.75 Å². The first-order valence-corrected chi connectivity index (χ1v) is 9.09. The summed E-state index contributed by atoms with van der Waals surface area (Å²) in [6.07, 6.45) is -0.520. The van der Waals surface area contributed by atoms with Crippen molar-refractivity contribution in [3.8, 4) is 28.0 Å². The lowest BCUT2D eigenvalue weighted by atomic mass is 9.94. The molecule has 0 aliphatic rings. The number of carbonyl (C=O) groups is 1. The maximum absolute atomic E-state index is 12.5. The number of para-hydroxylation sites is 1. The van der Waals surface area contributed by atoms with Crippen molar-refractivity contribution in [3.63, 3.8) is 0 Å². The number of anilines is 1. The molecule has 4 aromatic rings. The highest BCUT2D eigenvalue weighted by Crippen LogP contribution is 2.39. The number of hydrogen-bond acceptors (Lipinski definition) is 2. The highest BCUT2D eigenvalue weighted by Gasteiger charge is 2.16. The summed E-state index contributed by atoms with van der Waals surface area (Å²) in [5.74, 6) is 0.515. The molecular weight excluding hydrogens is 346 g/mol. The molecule has 0 spiro atoms. The van der Waals surface area contributed by atoms with Gasteiger partial charge in [-0.1, -0.05) is 91.0 Å². The zero-order valence-electron chi connectivity index (χ0n) is 15.2. The Balaban J connectivity index is 1.74. The average Bonchev–Trinajstić information content (AvgIpc) is 2.75. The average molecular weight is 365 g/mol. The van der Waals surface area contributed by atoms with Gasteiger partial charge in [0.25, 0.3) is 0 Å². The van der Waals surface area contributed by atoms with Crippen molar-refractivity contribution in [1.82, 2.24) is 0 Å². The van der Waals surface area contributed by atoms with E-state index in [1.165, 1.54) is 0 Å². The van der Waals surface area contributed by atoms with Crippen molar-refractivity contribution in [2.24, 2.45) is 0 Å². The molecule has 0 aliphatic heterocycles. The van der Waals surface area contributed by atoms with Gasteiger partial charge in [0.2, 0.25) is 0 Å². The van der Waals surface area contributed by atoms with E-state index in [1.54, 1.807) is 0 Å². The second kappa shape index (κ2) is 8.23. The molecule has 0 atom stereocenters. The van der Waals surface area contributed by atoms with E-state index in [0.29, 0.717) is 11.4 Å². The fourth-order valence-electron chi connectivity index (χ4n) is 3.14. The van der Waals surface area contributed by atoms with Gasteiger partial charge in [-0.3, -0.25) is 5.32 Å². The minimum absolute atomic E-state index is 0.515. The lowest BCUT2D eigenvalue weighted by Crippen LogP contribution is -2.17. The molecule has 0 unspecified atom stereocenters. The first kappa shape index (κ1) is 17.6. The zero-order chi connectivity index (χ0) is 19.2. The van der Waals surface area contributed by atoms with Crippen LogP contribution in [0.1, 0.15) is 0 Å². The van der Waals surface area contributed by atoms with Crippen molar-refractivity contribution in [2.45, 2.75) is 0 Å². The zero-order valence-corrected chi connectivity index (χ0v) is 15.2. The Bertz CT molecular complexity index is 1060. The topological polar surface area (TPSA) is 38.3 Å². The number of ether oxygens (including phenoxy) is 1. The lowest BCUT2D eigenvalue weighted by molar-refractivity contribution is 0.215. The highest BCUT2D eigenvalue weighted by atomic mass is 16.6. The van der Waals surface area contributed by atoms with E-state index in [-0.39, 0.29) is 0 Å². The molecule has 28 heavy (non-hydrogen) atoms. The molecule has 4 aromatic carbocycles. The normalized spacial score (nSPS) is 10.3. The van der Waals surface area contributed by atoms with Gasteiger partial charge in [0.05, 0.1) is 0 Å². The summed E-state index contributed by atoms with van der Waals surface area (Å²) < 4.78 is 5.72.